The summed E-state index contributed by atoms with van der Waals surface area (Å²) in [7, 11) is 0. The van der Waals surface area contributed by atoms with Crippen LogP contribution in [-0.4, -0.2) is 11.5 Å². The Balaban J connectivity index is 1.78. The predicted molar refractivity (Wildman–Crippen MR) is 54.6 cm³/mol. The third kappa shape index (κ3) is 2.44. The predicted octanol–water partition coefficient (Wildman–Crippen LogP) is 2.54. The number of hydrogen-bond donors (Lipinski definition) is 1. The molecule has 0 radical (unpaired) electrons. The highest BCUT2D eigenvalue weighted by molar-refractivity contribution is 5.33. The third-order valence-corrected chi connectivity index (χ3v) is 2.70. The topological polar surface area (TPSA) is 24.9 Å². The smallest absolute Gasteiger partial charge is 0.125 e. The van der Waals surface area contributed by atoms with Crippen LogP contribution in [0.4, 0.5) is 5.82 Å². The summed E-state index contributed by atoms with van der Waals surface area (Å²) in [6.07, 6.45) is 4.67. The Morgan fingerprint density at radius 3 is 3.00 bits per heavy atom. The molecule has 0 saturated heterocycles. The van der Waals surface area contributed by atoms with Gasteiger partial charge in [0.05, 0.1) is 0 Å². The number of nitrogens with zero attached hydrogens (tertiary/aromatic N) is 1. The summed E-state index contributed by atoms with van der Waals surface area (Å²) < 4.78 is 0. The molecule has 0 aromatic carbocycles. The summed E-state index contributed by atoms with van der Waals surface area (Å²) in [4.78, 5) is 4.22. The van der Waals surface area contributed by atoms with Crippen LogP contribution in [0.5, 0.6) is 0 Å². The highest BCUT2D eigenvalue weighted by atomic mass is 15.0. The normalized spacial score (nSPS) is 18.2. The van der Waals surface area contributed by atoms with Crippen molar-refractivity contribution in [3.8, 4) is 0 Å². The van der Waals surface area contributed by atoms with E-state index in [1.54, 1.807) is 0 Å². The number of rotatable bonds is 4. The van der Waals surface area contributed by atoms with Crippen molar-refractivity contribution in [3.05, 3.63) is 24.4 Å². The van der Waals surface area contributed by atoms with Gasteiger partial charge in [-0.25, -0.2) is 4.98 Å². The molecule has 0 aliphatic heterocycles. The van der Waals surface area contributed by atoms with Crippen LogP contribution in [0.15, 0.2) is 24.4 Å². The zero-order valence-corrected chi connectivity index (χ0v) is 8.03. The lowest BCUT2D eigenvalue weighted by Crippen LogP contribution is -2.13. The maximum Gasteiger partial charge on any atom is 0.125 e. The molecule has 70 valence electrons. The van der Waals surface area contributed by atoms with Crippen LogP contribution < -0.4 is 5.32 Å². The zero-order valence-electron chi connectivity index (χ0n) is 8.03. The Morgan fingerprint density at radius 1 is 1.54 bits per heavy atom. The number of anilines is 1. The fraction of sp³-hybridized carbons (Fsp3) is 0.545. The molecule has 1 aliphatic rings. The molecule has 1 saturated carbocycles. The molecular formula is C11H16N2. The van der Waals surface area contributed by atoms with E-state index in [2.05, 4.69) is 17.2 Å². The van der Waals surface area contributed by atoms with Crippen LogP contribution in [0, 0.1) is 11.8 Å². The molecule has 0 amide bonds. The lowest BCUT2D eigenvalue weighted by Gasteiger charge is -2.11. The van der Waals surface area contributed by atoms with Crippen LogP contribution in [-0.2, 0) is 0 Å². The van der Waals surface area contributed by atoms with Gasteiger partial charge in [0.25, 0.3) is 0 Å². The fourth-order valence-electron chi connectivity index (χ4n) is 1.56. The molecule has 2 rings (SSSR count). The Labute approximate surface area is 79.4 Å². The molecule has 1 aromatic heterocycles. The van der Waals surface area contributed by atoms with Gasteiger partial charge < -0.3 is 5.32 Å². The molecule has 0 bridgehead atoms. The minimum Gasteiger partial charge on any atom is -0.370 e. The summed E-state index contributed by atoms with van der Waals surface area (Å²) in [6.45, 7) is 3.37. The highest BCUT2D eigenvalue weighted by Gasteiger charge is 2.27. The minimum atomic E-state index is 0.794. The standard InChI is InChI=1S/C11H16N2/c1-9(10-5-6-10)8-13-11-4-2-3-7-12-11/h2-4,7,9-10H,5-6,8H2,1H3,(H,12,13). The molecule has 1 aromatic rings. The van der Waals surface area contributed by atoms with E-state index in [0.717, 1.165) is 24.2 Å². The van der Waals surface area contributed by atoms with Gasteiger partial charge in [-0.15, -0.1) is 0 Å². The molecule has 1 fully saturated rings. The van der Waals surface area contributed by atoms with Gasteiger partial charge in [-0.2, -0.15) is 0 Å². The van der Waals surface area contributed by atoms with E-state index in [9.17, 15) is 0 Å². The molecule has 2 heteroatoms. The van der Waals surface area contributed by atoms with Crippen LogP contribution in [0.25, 0.3) is 0 Å². The van der Waals surface area contributed by atoms with Gasteiger partial charge in [0, 0.05) is 12.7 Å². The summed E-state index contributed by atoms with van der Waals surface area (Å²) in [5.41, 5.74) is 0. The van der Waals surface area contributed by atoms with E-state index >= 15 is 0 Å². The second kappa shape index (κ2) is 3.77. The van der Waals surface area contributed by atoms with E-state index in [4.69, 9.17) is 0 Å². The van der Waals surface area contributed by atoms with Crippen LogP contribution >= 0.6 is 0 Å². The molecular weight excluding hydrogens is 160 g/mol. The largest absolute Gasteiger partial charge is 0.370 e. The van der Waals surface area contributed by atoms with Crippen molar-refractivity contribution in [3.63, 3.8) is 0 Å². The average Bonchev–Trinajstić information content (AvgIpc) is 2.99. The highest BCUT2D eigenvalue weighted by Crippen LogP contribution is 2.36. The monoisotopic (exact) mass is 176 g/mol. The fourth-order valence-corrected chi connectivity index (χ4v) is 1.56. The third-order valence-electron chi connectivity index (χ3n) is 2.70. The second-order valence-corrected chi connectivity index (χ2v) is 3.91. The van der Waals surface area contributed by atoms with Gasteiger partial charge >= 0.3 is 0 Å². The van der Waals surface area contributed by atoms with Crippen LogP contribution in [0.1, 0.15) is 19.8 Å². The Morgan fingerprint density at radius 2 is 2.38 bits per heavy atom. The van der Waals surface area contributed by atoms with Crippen molar-refractivity contribution < 1.29 is 0 Å². The number of nitrogens with one attached hydrogen (secondary N) is 1. The second-order valence-electron chi connectivity index (χ2n) is 3.91. The maximum absolute atomic E-state index is 4.22. The lowest BCUT2D eigenvalue weighted by atomic mass is 10.1. The van der Waals surface area contributed by atoms with Gasteiger partial charge in [0.1, 0.15) is 5.82 Å². The van der Waals surface area contributed by atoms with Crippen molar-refractivity contribution in [1.82, 2.24) is 4.98 Å². The summed E-state index contributed by atoms with van der Waals surface area (Å²) in [6, 6.07) is 5.96. The van der Waals surface area contributed by atoms with E-state index in [0.29, 0.717) is 0 Å². The lowest BCUT2D eigenvalue weighted by molar-refractivity contribution is 0.536. The van der Waals surface area contributed by atoms with Crippen molar-refractivity contribution in [2.24, 2.45) is 11.8 Å². The SMILES string of the molecule is CC(CNc1ccccn1)C1CC1. The van der Waals surface area contributed by atoms with Gasteiger partial charge in [-0.3, -0.25) is 0 Å². The van der Waals surface area contributed by atoms with Gasteiger partial charge in [-0.1, -0.05) is 13.0 Å². The van der Waals surface area contributed by atoms with Crippen molar-refractivity contribution in [2.45, 2.75) is 19.8 Å². The number of pyridine rings is 1. The van der Waals surface area contributed by atoms with Crippen LogP contribution in [0.2, 0.25) is 0 Å². The minimum absolute atomic E-state index is 0.794. The van der Waals surface area contributed by atoms with Gasteiger partial charge in [-0.05, 0) is 36.8 Å². The molecule has 0 spiro atoms. The van der Waals surface area contributed by atoms with Crippen molar-refractivity contribution in [1.29, 1.82) is 0 Å². The molecule has 1 heterocycles. The Kier molecular flexibility index (Phi) is 2.48. The first-order valence-corrected chi connectivity index (χ1v) is 5.01. The molecule has 1 unspecified atom stereocenters. The number of hydrogen-bond acceptors (Lipinski definition) is 2. The summed E-state index contributed by atoms with van der Waals surface area (Å²) in [5.74, 6) is 2.76. The number of aromatic nitrogens is 1. The summed E-state index contributed by atoms with van der Waals surface area (Å²) in [5, 5.41) is 3.35. The molecule has 13 heavy (non-hydrogen) atoms. The maximum atomic E-state index is 4.22. The van der Waals surface area contributed by atoms with E-state index in [-0.39, 0.29) is 0 Å². The Hall–Kier alpha value is -1.05. The van der Waals surface area contributed by atoms with Crippen molar-refractivity contribution in [2.75, 3.05) is 11.9 Å². The zero-order chi connectivity index (χ0) is 9.10. The molecule has 1 aliphatic carbocycles. The summed E-state index contributed by atoms with van der Waals surface area (Å²) >= 11 is 0. The first-order valence-electron chi connectivity index (χ1n) is 5.01. The average molecular weight is 176 g/mol. The van der Waals surface area contributed by atoms with Crippen LogP contribution in [0.3, 0.4) is 0 Å². The van der Waals surface area contributed by atoms with E-state index < -0.39 is 0 Å². The molecule has 1 atom stereocenters. The van der Waals surface area contributed by atoms with E-state index in [1.165, 1.54) is 12.8 Å². The van der Waals surface area contributed by atoms with Gasteiger partial charge in [0.15, 0.2) is 0 Å². The first kappa shape index (κ1) is 8.54. The van der Waals surface area contributed by atoms with E-state index in [1.807, 2.05) is 24.4 Å². The van der Waals surface area contributed by atoms with Gasteiger partial charge in [0.2, 0.25) is 0 Å². The first-order chi connectivity index (χ1) is 6.36. The molecule has 2 nitrogen and oxygen atoms in total. The Bertz CT molecular complexity index is 254. The molecule has 1 N–H and O–H groups in total. The quantitative estimate of drug-likeness (QED) is 0.762. The van der Waals surface area contributed by atoms with Crippen molar-refractivity contribution >= 4 is 5.82 Å².